The predicted octanol–water partition coefficient (Wildman–Crippen LogP) is 1.02. The van der Waals surface area contributed by atoms with Crippen LogP contribution >= 0.6 is 0 Å². The number of anilines is 1. The zero-order valence-corrected chi connectivity index (χ0v) is 14.5. The molecular weight excluding hydrogens is 316 g/mol. The van der Waals surface area contributed by atoms with Crippen LogP contribution in [0.4, 0.5) is 5.95 Å². The number of aromatic nitrogens is 4. The molecule has 0 radical (unpaired) electrons. The average Bonchev–Trinajstić information content (AvgIpc) is 2.98. The maximum atomic E-state index is 12.4. The van der Waals surface area contributed by atoms with Gasteiger partial charge in [0.2, 0.25) is 5.95 Å². The van der Waals surface area contributed by atoms with Gasteiger partial charge >= 0.3 is 0 Å². The van der Waals surface area contributed by atoms with Gasteiger partial charge in [0.05, 0.1) is 6.20 Å². The Hall–Kier alpha value is -2.67. The second-order valence-electron chi connectivity index (χ2n) is 6.69. The Morgan fingerprint density at radius 3 is 2.80 bits per heavy atom. The summed E-state index contributed by atoms with van der Waals surface area (Å²) in [6.45, 7) is 2.71. The molecule has 0 saturated carbocycles. The lowest BCUT2D eigenvalue weighted by Gasteiger charge is -2.40. The largest absolute Gasteiger partial charge is 0.336 e. The van der Waals surface area contributed by atoms with Gasteiger partial charge in [-0.2, -0.15) is 10.1 Å². The van der Waals surface area contributed by atoms with E-state index in [1.54, 1.807) is 10.9 Å². The SMILES string of the molecule is CN1CCN(c2nc3c(cnn3C)c(=O)[nH]2)[C@H](Cc2ccccc2)C1. The van der Waals surface area contributed by atoms with Crippen LogP contribution in [-0.4, -0.2) is 57.4 Å². The summed E-state index contributed by atoms with van der Waals surface area (Å²) in [5, 5.41) is 4.68. The molecule has 0 amide bonds. The van der Waals surface area contributed by atoms with Gasteiger partial charge in [-0.3, -0.25) is 14.5 Å². The molecule has 1 aliphatic rings. The fraction of sp³-hybridized carbons (Fsp3) is 0.389. The number of fused-ring (bicyclic) bond motifs is 1. The van der Waals surface area contributed by atoms with Crippen molar-refractivity contribution in [2.75, 3.05) is 31.6 Å². The number of piperazine rings is 1. The summed E-state index contributed by atoms with van der Waals surface area (Å²) < 4.78 is 1.65. The van der Waals surface area contributed by atoms with Crippen molar-refractivity contribution in [1.82, 2.24) is 24.6 Å². The summed E-state index contributed by atoms with van der Waals surface area (Å²) in [4.78, 5) is 24.6. The fourth-order valence-corrected chi connectivity index (χ4v) is 3.51. The molecule has 0 spiro atoms. The summed E-state index contributed by atoms with van der Waals surface area (Å²) in [6, 6.07) is 10.7. The zero-order chi connectivity index (χ0) is 17.4. The van der Waals surface area contributed by atoms with Crippen molar-refractivity contribution >= 4 is 17.0 Å². The van der Waals surface area contributed by atoms with Gasteiger partial charge in [-0.25, -0.2) is 0 Å². The van der Waals surface area contributed by atoms with Crippen LogP contribution in [-0.2, 0) is 13.5 Å². The van der Waals surface area contributed by atoms with Gasteiger partial charge in [-0.15, -0.1) is 0 Å². The number of nitrogens with zero attached hydrogens (tertiary/aromatic N) is 5. The van der Waals surface area contributed by atoms with E-state index in [0.717, 1.165) is 26.1 Å². The molecule has 1 N–H and O–H groups in total. The molecule has 25 heavy (non-hydrogen) atoms. The smallest absolute Gasteiger partial charge is 0.263 e. The van der Waals surface area contributed by atoms with E-state index in [1.807, 2.05) is 13.1 Å². The van der Waals surface area contributed by atoms with Crippen LogP contribution in [0, 0.1) is 0 Å². The van der Waals surface area contributed by atoms with Crippen LogP contribution in [0.25, 0.3) is 11.0 Å². The van der Waals surface area contributed by atoms with Crippen LogP contribution < -0.4 is 10.5 Å². The number of H-pyrrole nitrogens is 1. The lowest BCUT2D eigenvalue weighted by molar-refractivity contribution is 0.264. The molecule has 0 unspecified atom stereocenters. The maximum absolute atomic E-state index is 12.4. The molecule has 1 atom stereocenters. The van der Waals surface area contributed by atoms with E-state index < -0.39 is 0 Å². The maximum Gasteiger partial charge on any atom is 0.263 e. The van der Waals surface area contributed by atoms with Crippen molar-refractivity contribution in [3.8, 4) is 0 Å². The number of benzene rings is 1. The molecule has 1 aliphatic heterocycles. The normalized spacial score (nSPS) is 18.8. The number of aryl methyl sites for hydroxylation is 1. The quantitative estimate of drug-likeness (QED) is 0.772. The van der Waals surface area contributed by atoms with Gasteiger partial charge in [0.1, 0.15) is 5.39 Å². The van der Waals surface area contributed by atoms with Crippen molar-refractivity contribution in [3.05, 3.63) is 52.4 Å². The highest BCUT2D eigenvalue weighted by molar-refractivity contribution is 5.74. The molecule has 7 heteroatoms. The standard InChI is InChI=1S/C18H22N6O/c1-22-8-9-24(14(12-22)10-13-6-4-3-5-7-13)18-20-16-15(17(25)21-18)11-19-23(16)2/h3-7,11,14H,8-10,12H2,1-2H3,(H,20,21,25)/t14-/m1/s1. The van der Waals surface area contributed by atoms with Crippen molar-refractivity contribution in [2.24, 2.45) is 7.05 Å². The minimum absolute atomic E-state index is 0.134. The van der Waals surface area contributed by atoms with Gasteiger partial charge in [0, 0.05) is 32.7 Å². The predicted molar refractivity (Wildman–Crippen MR) is 97.9 cm³/mol. The minimum atomic E-state index is -0.134. The number of rotatable bonds is 3. The first-order valence-electron chi connectivity index (χ1n) is 8.53. The third-order valence-corrected chi connectivity index (χ3v) is 4.86. The van der Waals surface area contributed by atoms with E-state index in [-0.39, 0.29) is 11.6 Å². The first-order chi connectivity index (χ1) is 12.1. The lowest BCUT2D eigenvalue weighted by atomic mass is 10.0. The highest BCUT2D eigenvalue weighted by Gasteiger charge is 2.27. The van der Waals surface area contributed by atoms with Gasteiger partial charge in [0.25, 0.3) is 5.56 Å². The lowest BCUT2D eigenvalue weighted by Crippen LogP contribution is -2.53. The average molecular weight is 338 g/mol. The third-order valence-electron chi connectivity index (χ3n) is 4.86. The monoisotopic (exact) mass is 338 g/mol. The van der Waals surface area contributed by atoms with Crippen LogP contribution in [0.3, 0.4) is 0 Å². The fourth-order valence-electron chi connectivity index (χ4n) is 3.51. The second kappa shape index (κ2) is 6.33. The molecule has 2 aromatic heterocycles. The van der Waals surface area contributed by atoms with E-state index in [1.165, 1.54) is 5.56 Å². The van der Waals surface area contributed by atoms with Crippen molar-refractivity contribution < 1.29 is 0 Å². The van der Waals surface area contributed by atoms with E-state index in [4.69, 9.17) is 0 Å². The number of likely N-dealkylation sites (N-methyl/N-ethyl adjacent to an activating group) is 1. The Bertz CT molecular complexity index is 932. The van der Waals surface area contributed by atoms with Crippen LogP contribution in [0.15, 0.2) is 41.3 Å². The molecule has 0 bridgehead atoms. The van der Waals surface area contributed by atoms with Crippen molar-refractivity contribution in [3.63, 3.8) is 0 Å². The number of aromatic amines is 1. The molecule has 7 nitrogen and oxygen atoms in total. The van der Waals surface area contributed by atoms with Gasteiger partial charge < -0.3 is 9.80 Å². The zero-order valence-electron chi connectivity index (χ0n) is 14.5. The number of hydrogen-bond donors (Lipinski definition) is 1. The van der Waals surface area contributed by atoms with Gasteiger partial charge in [-0.05, 0) is 19.0 Å². The Kier molecular flexibility index (Phi) is 4.01. The highest BCUT2D eigenvalue weighted by Crippen LogP contribution is 2.20. The number of hydrogen-bond acceptors (Lipinski definition) is 5. The Morgan fingerprint density at radius 2 is 2.00 bits per heavy atom. The van der Waals surface area contributed by atoms with E-state index in [9.17, 15) is 4.79 Å². The minimum Gasteiger partial charge on any atom is -0.336 e. The third kappa shape index (κ3) is 3.02. The van der Waals surface area contributed by atoms with Crippen LogP contribution in [0.2, 0.25) is 0 Å². The van der Waals surface area contributed by atoms with Gasteiger partial charge in [0.15, 0.2) is 5.65 Å². The van der Waals surface area contributed by atoms with Crippen LogP contribution in [0.5, 0.6) is 0 Å². The summed E-state index contributed by atoms with van der Waals surface area (Å²) in [5.74, 6) is 0.634. The molecule has 1 saturated heterocycles. The summed E-state index contributed by atoms with van der Waals surface area (Å²) in [6.07, 6.45) is 2.48. The topological polar surface area (TPSA) is 70.1 Å². The van der Waals surface area contributed by atoms with Crippen molar-refractivity contribution in [1.29, 1.82) is 0 Å². The van der Waals surface area contributed by atoms with Crippen LogP contribution in [0.1, 0.15) is 5.56 Å². The summed E-state index contributed by atoms with van der Waals surface area (Å²) in [7, 11) is 3.94. The Morgan fingerprint density at radius 1 is 1.20 bits per heavy atom. The summed E-state index contributed by atoms with van der Waals surface area (Å²) in [5.41, 5.74) is 1.78. The Balaban J connectivity index is 1.71. The molecule has 3 aromatic rings. The molecule has 4 rings (SSSR count). The second-order valence-corrected chi connectivity index (χ2v) is 6.69. The van der Waals surface area contributed by atoms with Crippen molar-refractivity contribution in [2.45, 2.75) is 12.5 Å². The van der Waals surface area contributed by atoms with Gasteiger partial charge in [-0.1, -0.05) is 30.3 Å². The first-order valence-corrected chi connectivity index (χ1v) is 8.53. The molecule has 3 heterocycles. The Labute approximate surface area is 145 Å². The molecule has 1 aromatic carbocycles. The van der Waals surface area contributed by atoms with E-state index in [0.29, 0.717) is 17.0 Å². The van der Waals surface area contributed by atoms with E-state index in [2.05, 4.69) is 56.2 Å². The number of nitrogens with one attached hydrogen (secondary N) is 1. The molecule has 130 valence electrons. The molecular formula is C18H22N6O. The van der Waals surface area contributed by atoms with E-state index >= 15 is 0 Å². The molecule has 1 fully saturated rings. The molecule has 0 aliphatic carbocycles. The first kappa shape index (κ1) is 15.8. The highest BCUT2D eigenvalue weighted by atomic mass is 16.1. The summed E-state index contributed by atoms with van der Waals surface area (Å²) >= 11 is 0.